The van der Waals surface area contributed by atoms with Crippen molar-refractivity contribution in [2.45, 2.75) is 32.9 Å². The van der Waals surface area contributed by atoms with Crippen molar-refractivity contribution < 1.29 is 0 Å². The largest absolute Gasteiger partial charge is 0.383 e. The van der Waals surface area contributed by atoms with Gasteiger partial charge in [0.25, 0.3) is 0 Å². The molecule has 0 spiro atoms. The van der Waals surface area contributed by atoms with Crippen molar-refractivity contribution in [1.82, 2.24) is 24.3 Å². The number of hydrogen-bond acceptors (Lipinski definition) is 4. The Morgan fingerprint density at radius 3 is 2.53 bits per heavy atom. The molecule has 5 rings (SSSR count). The highest BCUT2D eigenvalue weighted by atomic mass is 15.3. The summed E-state index contributed by atoms with van der Waals surface area (Å²) < 4.78 is 4.19. The van der Waals surface area contributed by atoms with Crippen molar-refractivity contribution in [3.8, 4) is 11.3 Å². The lowest BCUT2D eigenvalue weighted by molar-refractivity contribution is 0.367. The number of fused-ring (bicyclic) bond motifs is 2. The number of nitrogen functional groups attached to an aromatic ring is 1. The number of aromatic nitrogens is 5. The van der Waals surface area contributed by atoms with Crippen LogP contribution in [0.5, 0.6) is 0 Å². The minimum absolute atomic E-state index is 0.227. The molecule has 0 aliphatic heterocycles. The fourth-order valence-electron chi connectivity index (χ4n) is 3.89. The van der Waals surface area contributed by atoms with Gasteiger partial charge in [-0.05, 0) is 43.9 Å². The number of anilines is 1. The minimum atomic E-state index is -0.227. The molecule has 3 aromatic heterocycles. The molecule has 0 saturated heterocycles. The number of benzene rings is 2. The Hall–Kier alpha value is -3.67. The highest BCUT2D eigenvalue weighted by molar-refractivity contribution is 6.00. The molecule has 5 aromatic rings. The molecule has 6 heteroatoms. The molecule has 0 bridgehead atoms. The summed E-state index contributed by atoms with van der Waals surface area (Å²) in [5.41, 5.74) is 11.0. The first kappa shape index (κ1) is 18.4. The van der Waals surface area contributed by atoms with E-state index in [1.54, 1.807) is 0 Å². The zero-order valence-electron chi connectivity index (χ0n) is 17.4. The quantitative estimate of drug-likeness (QED) is 0.474. The van der Waals surface area contributed by atoms with Crippen LogP contribution in [0.15, 0.2) is 67.1 Å². The predicted octanol–water partition coefficient (Wildman–Crippen LogP) is 4.83. The van der Waals surface area contributed by atoms with Crippen molar-refractivity contribution in [2.24, 2.45) is 0 Å². The third kappa shape index (κ3) is 3.01. The topological polar surface area (TPSA) is 74.5 Å². The van der Waals surface area contributed by atoms with E-state index in [-0.39, 0.29) is 5.54 Å². The fraction of sp³-hybridized carbons (Fsp3) is 0.208. The number of nitrogens with two attached hydrogens (primary N) is 1. The predicted molar refractivity (Wildman–Crippen MR) is 121 cm³/mol. The van der Waals surface area contributed by atoms with Crippen LogP contribution in [-0.2, 0) is 12.1 Å². The Labute approximate surface area is 175 Å². The Balaban J connectivity index is 1.69. The molecule has 0 radical (unpaired) electrons. The summed E-state index contributed by atoms with van der Waals surface area (Å²) in [7, 11) is 0. The average Bonchev–Trinajstić information content (AvgIpc) is 3.31. The lowest BCUT2D eigenvalue weighted by Crippen LogP contribution is -2.23. The van der Waals surface area contributed by atoms with Crippen LogP contribution in [0.25, 0.3) is 33.2 Å². The highest BCUT2D eigenvalue weighted by Gasteiger charge is 2.24. The molecule has 150 valence electrons. The number of rotatable bonds is 3. The number of nitrogens with zero attached hydrogens (tertiary/aromatic N) is 5. The van der Waals surface area contributed by atoms with E-state index < -0.39 is 0 Å². The van der Waals surface area contributed by atoms with Crippen molar-refractivity contribution >= 4 is 27.8 Å². The van der Waals surface area contributed by atoms with Crippen LogP contribution in [0, 0.1) is 0 Å². The molecule has 0 amide bonds. The zero-order valence-corrected chi connectivity index (χ0v) is 17.4. The molecule has 0 unspecified atom stereocenters. The molecule has 0 atom stereocenters. The van der Waals surface area contributed by atoms with E-state index >= 15 is 0 Å². The first-order valence-electron chi connectivity index (χ1n) is 10.0. The Morgan fingerprint density at radius 1 is 0.967 bits per heavy atom. The molecular formula is C24H24N6. The normalized spacial score (nSPS) is 12.1. The van der Waals surface area contributed by atoms with Crippen LogP contribution >= 0.6 is 0 Å². The second-order valence-electron chi connectivity index (χ2n) is 8.59. The van der Waals surface area contributed by atoms with Gasteiger partial charge in [-0.25, -0.2) is 14.6 Å². The Morgan fingerprint density at radius 2 is 1.77 bits per heavy atom. The van der Waals surface area contributed by atoms with E-state index in [0.29, 0.717) is 5.82 Å². The van der Waals surface area contributed by atoms with Crippen LogP contribution in [0.4, 0.5) is 5.82 Å². The summed E-state index contributed by atoms with van der Waals surface area (Å²) in [5.74, 6) is 0.449. The zero-order chi connectivity index (χ0) is 20.9. The van der Waals surface area contributed by atoms with Gasteiger partial charge in [0, 0.05) is 23.8 Å². The van der Waals surface area contributed by atoms with Gasteiger partial charge in [0.15, 0.2) is 5.65 Å². The molecule has 0 fully saturated rings. The van der Waals surface area contributed by atoms with Crippen LogP contribution in [0.3, 0.4) is 0 Å². The standard InChI is InChI=1S/C24H24N6/c1-24(2,3)30-23-20(22(25)26-15-27-23)21(28-30)18-10-9-17-11-12-29(19(17)13-18)14-16-7-5-4-6-8-16/h4-13,15H,14H2,1-3H3,(H2,25,26,27). The molecule has 30 heavy (non-hydrogen) atoms. The molecule has 3 heterocycles. The number of hydrogen-bond donors (Lipinski definition) is 1. The molecule has 2 N–H and O–H groups in total. The van der Waals surface area contributed by atoms with Gasteiger partial charge in [-0.3, -0.25) is 0 Å². The summed E-state index contributed by atoms with van der Waals surface area (Å²) in [5, 5.41) is 6.91. The van der Waals surface area contributed by atoms with E-state index in [9.17, 15) is 0 Å². The minimum Gasteiger partial charge on any atom is -0.383 e. The summed E-state index contributed by atoms with van der Waals surface area (Å²) >= 11 is 0. The van der Waals surface area contributed by atoms with Gasteiger partial charge in [-0.2, -0.15) is 5.10 Å². The molecular weight excluding hydrogens is 372 g/mol. The smallest absolute Gasteiger partial charge is 0.164 e. The van der Waals surface area contributed by atoms with Gasteiger partial charge in [0.1, 0.15) is 17.8 Å². The maximum atomic E-state index is 6.27. The summed E-state index contributed by atoms with van der Waals surface area (Å²) in [6.07, 6.45) is 3.63. The highest BCUT2D eigenvalue weighted by Crippen LogP contribution is 2.34. The molecule has 0 aliphatic rings. The monoisotopic (exact) mass is 396 g/mol. The van der Waals surface area contributed by atoms with Crippen LogP contribution in [-0.4, -0.2) is 24.3 Å². The lowest BCUT2D eigenvalue weighted by Gasteiger charge is -2.19. The van der Waals surface area contributed by atoms with Gasteiger partial charge in [-0.15, -0.1) is 0 Å². The van der Waals surface area contributed by atoms with Crippen molar-refractivity contribution in [2.75, 3.05) is 5.73 Å². The molecule has 0 saturated carbocycles. The van der Waals surface area contributed by atoms with Gasteiger partial charge < -0.3 is 10.3 Å². The van der Waals surface area contributed by atoms with Gasteiger partial charge in [0.2, 0.25) is 0 Å². The third-order valence-corrected chi connectivity index (χ3v) is 5.37. The van der Waals surface area contributed by atoms with Crippen LogP contribution < -0.4 is 5.73 Å². The van der Waals surface area contributed by atoms with Crippen molar-refractivity contribution in [3.05, 3.63) is 72.7 Å². The fourth-order valence-corrected chi connectivity index (χ4v) is 3.89. The third-order valence-electron chi connectivity index (χ3n) is 5.37. The Bertz CT molecular complexity index is 1360. The molecule has 2 aromatic carbocycles. The van der Waals surface area contributed by atoms with E-state index in [0.717, 1.165) is 34.4 Å². The first-order valence-corrected chi connectivity index (χ1v) is 10.0. The maximum absolute atomic E-state index is 6.27. The second kappa shape index (κ2) is 6.69. The van der Waals surface area contributed by atoms with Gasteiger partial charge in [0.05, 0.1) is 10.9 Å². The second-order valence-corrected chi connectivity index (χ2v) is 8.59. The first-order chi connectivity index (χ1) is 14.4. The Kier molecular flexibility index (Phi) is 4.10. The van der Waals surface area contributed by atoms with E-state index in [4.69, 9.17) is 10.8 Å². The van der Waals surface area contributed by atoms with E-state index in [2.05, 4.69) is 90.0 Å². The SMILES string of the molecule is CC(C)(C)n1nc(-c2ccc3ccn(Cc4ccccc4)c3c2)c2c(N)ncnc21. The molecule has 0 aliphatic carbocycles. The summed E-state index contributed by atoms with van der Waals surface area (Å²) in [6, 6.07) is 19.0. The maximum Gasteiger partial charge on any atom is 0.164 e. The summed E-state index contributed by atoms with van der Waals surface area (Å²) in [6.45, 7) is 7.14. The van der Waals surface area contributed by atoms with Crippen molar-refractivity contribution in [3.63, 3.8) is 0 Å². The van der Waals surface area contributed by atoms with E-state index in [1.807, 2.05) is 10.7 Å². The van der Waals surface area contributed by atoms with Crippen LogP contribution in [0.1, 0.15) is 26.3 Å². The van der Waals surface area contributed by atoms with Crippen molar-refractivity contribution in [1.29, 1.82) is 0 Å². The average molecular weight is 396 g/mol. The van der Waals surface area contributed by atoms with E-state index in [1.165, 1.54) is 17.3 Å². The van der Waals surface area contributed by atoms with Crippen LogP contribution in [0.2, 0.25) is 0 Å². The van der Waals surface area contributed by atoms with Gasteiger partial charge >= 0.3 is 0 Å². The van der Waals surface area contributed by atoms with Gasteiger partial charge in [-0.1, -0.05) is 42.5 Å². The molecule has 6 nitrogen and oxygen atoms in total. The summed E-state index contributed by atoms with van der Waals surface area (Å²) in [4.78, 5) is 8.71. The lowest BCUT2D eigenvalue weighted by atomic mass is 10.1.